The van der Waals surface area contributed by atoms with Crippen LogP contribution in [0.5, 0.6) is 0 Å². The standard InChI is InChI=1S/C16H20FN3/c1-2-5-15-14-6-3-4-11-18-16(14)20(19-15)13-9-7-12(17)8-10-13/h7-10,18H,2-6,11H2,1H3. The van der Waals surface area contributed by atoms with Crippen molar-refractivity contribution in [2.24, 2.45) is 0 Å². The Kier molecular flexibility index (Phi) is 3.72. The molecule has 2 aromatic rings. The zero-order valence-corrected chi connectivity index (χ0v) is 11.8. The predicted molar refractivity (Wildman–Crippen MR) is 78.9 cm³/mol. The van der Waals surface area contributed by atoms with Gasteiger partial charge in [-0.15, -0.1) is 0 Å². The Morgan fingerprint density at radius 3 is 2.80 bits per heavy atom. The van der Waals surface area contributed by atoms with E-state index in [1.165, 1.54) is 36.2 Å². The molecule has 0 radical (unpaired) electrons. The third-order valence-corrected chi connectivity index (χ3v) is 3.77. The smallest absolute Gasteiger partial charge is 0.133 e. The normalized spacial score (nSPS) is 14.5. The number of nitrogens with zero attached hydrogens (tertiary/aromatic N) is 2. The van der Waals surface area contributed by atoms with Crippen molar-refractivity contribution < 1.29 is 4.39 Å². The molecule has 4 heteroatoms. The van der Waals surface area contributed by atoms with E-state index in [4.69, 9.17) is 5.10 Å². The Morgan fingerprint density at radius 1 is 1.25 bits per heavy atom. The van der Waals surface area contributed by atoms with Crippen molar-refractivity contribution in [3.05, 3.63) is 41.3 Å². The summed E-state index contributed by atoms with van der Waals surface area (Å²) in [5.41, 5.74) is 3.44. The van der Waals surface area contributed by atoms with Gasteiger partial charge in [-0.05, 0) is 49.9 Å². The number of aromatic nitrogens is 2. The van der Waals surface area contributed by atoms with Gasteiger partial charge in [0, 0.05) is 12.1 Å². The van der Waals surface area contributed by atoms with Crippen LogP contribution in [-0.2, 0) is 12.8 Å². The van der Waals surface area contributed by atoms with Crippen LogP contribution in [0, 0.1) is 5.82 Å². The monoisotopic (exact) mass is 273 g/mol. The number of benzene rings is 1. The molecule has 20 heavy (non-hydrogen) atoms. The van der Waals surface area contributed by atoms with Gasteiger partial charge in [0.1, 0.15) is 11.6 Å². The van der Waals surface area contributed by atoms with Crippen molar-refractivity contribution in [3.63, 3.8) is 0 Å². The average Bonchev–Trinajstić information content (AvgIpc) is 2.64. The lowest BCUT2D eigenvalue weighted by Crippen LogP contribution is -2.07. The van der Waals surface area contributed by atoms with E-state index in [9.17, 15) is 4.39 Å². The Morgan fingerprint density at radius 2 is 2.05 bits per heavy atom. The molecule has 0 spiro atoms. The first-order chi connectivity index (χ1) is 9.79. The van der Waals surface area contributed by atoms with Gasteiger partial charge in [0.15, 0.2) is 0 Å². The lowest BCUT2D eigenvalue weighted by atomic mass is 10.1. The van der Waals surface area contributed by atoms with Crippen molar-refractivity contribution in [3.8, 4) is 5.69 Å². The molecular weight excluding hydrogens is 253 g/mol. The highest BCUT2D eigenvalue weighted by Gasteiger charge is 2.19. The minimum absolute atomic E-state index is 0.214. The van der Waals surface area contributed by atoms with Crippen LogP contribution in [0.2, 0.25) is 0 Å². The lowest BCUT2D eigenvalue weighted by Gasteiger charge is -2.09. The summed E-state index contributed by atoms with van der Waals surface area (Å²) in [5.74, 6) is 0.881. The number of fused-ring (bicyclic) bond motifs is 1. The molecule has 1 aliphatic rings. The summed E-state index contributed by atoms with van der Waals surface area (Å²) < 4.78 is 15.0. The molecule has 1 aromatic carbocycles. The molecule has 3 nitrogen and oxygen atoms in total. The van der Waals surface area contributed by atoms with Crippen LogP contribution < -0.4 is 5.32 Å². The first-order valence-corrected chi connectivity index (χ1v) is 7.40. The number of rotatable bonds is 3. The molecular formula is C16H20FN3. The van der Waals surface area contributed by atoms with Gasteiger partial charge in [0.25, 0.3) is 0 Å². The summed E-state index contributed by atoms with van der Waals surface area (Å²) in [5, 5.41) is 8.25. The molecule has 2 heterocycles. The summed E-state index contributed by atoms with van der Waals surface area (Å²) in [7, 11) is 0. The summed E-state index contributed by atoms with van der Waals surface area (Å²) in [6.07, 6.45) is 5.55. The van der Waals surface area contributed by atoms with Crippen LogP contribution in [-0.4, -0.2) is 16.3 Å². The second-order valence-corrected chi connectivity index (χ2v) is 5.30. The quantitative estimate of drug-likeness (QED) is 0.924. The van der Waals surface area contributed by atoms with E-state index in [1.54, 1.807) is 12.1 Å². The topological polar surface area (TPSA) is 29.9 Å². The van der Waals surface area contributed by atoms with Gasteiger partial charge in [-0.25, -0.2) is 9.07 Å². The third kappa shape index (κ3) is 2.42. The van der Waals surface area contributed by atoms with Gasteiger partial charge in [-0.2, -0.15) is 5.10 Å². The van der Waals surface area contributed by atoms with E-state index in [0.29, 0.717) is 0 Å². The fourth-order valence-corrected chi connectivity index (χ4v) is 2.78. The number of halogens is 1. The minimum Gasteiger partial charge on any atom is -0.370 e. The van der Waals surface area contributed by atoms with Crippen molar-refractivity contribution >= 4 is 5.82 Å². The van der Waals surface area contributed by atoms with E-state index in [0.717, 1.165) is 37.3 Å². The van der Waals surface area contributed by atoms with Gasteiger partial charge >= 0.3 is 0 Å². The van der Waals surface area contributed by atoms with Gasteiger partial charge in [0.05, 0.1) is 11.4 Å². The fourth-order valence-electron chi connectivity index (χ4n) is 2.78. The number of nitrogens with one attached hydrogen (secondary N) is 1. The summed E-state index contributed by atoms with van der Waals surface area (Å²) in [6, 6.07) is 6.54. The molecule has 1 aromatic heterocycles. The second-order valence-electron chi connectivity index (χ2n) is 5.30. The van der Waals surface area contributed by atoms with Gasteiger partial charge in [-0.3, -0.25) is 0 Å². The largest absolute Gasteiger partial charge is 0.370 e. The number of aryl methyl sites for hydroxylation is 1. The van der Waals surface area contributed by atoms with Crippen LogP contribution >= 0.6 is 0 Å². The third-order valence-electron chi connectivity index (χ3n) is 3.77. The van der Waals surface area contributed by atoms with Crippen molar-refractivity contribution in [1.82, 2.24) is 9.78 Å². The molecule has 0 bridgehead atoms. The van der Waals surface area contributed by atoms with Gasteiger partial charge in [0.2, 0.25) is 0 Å². The average molecular weight is 273 g/mol. The highest BCUT2D eigenvalue weighted by Crippen LogP contribution is 2.28. The fraction of sp³-hybridized carbons (Fsp3) is 0.438. The van der Waals surface area contributed by atoms with Crippen LogP contribution in [0.1, 0.15) is 37.4 Å². The van der Waals surface area contributed by atoms with Crippen LogP contribution in [0.4, 0.5) is 10.2 Å². The summed E-state index contributed by atoms with van der Waals surface area (Å²) >= 11 is 0. The Bertz CT molecular complexity index is 587. The molecule has 1 N–H and O–H groups in total. The van der Waals surface area contributed by atoms with E-state index in [2.05, 4.69) is 12.2 Å². The first-order valence-electron chi connectivity index (χ1n) is 7.40. The maximum atomic E-state index is 13.1. The number of anilines is 1. The molecule has 0 saturated heterocycles. The first kappa shape index (κ1) is 13.2. The number of hydrogen-bond acceptors (Lipinski definition) is 2. The van der Waals surface area contributed by atoms with Crippen molar-refractivity contribution in [1.29, 1.82) is 0 Å². The van der Waals surface area contributed by atoms with Crippen LogP contribution in [0.3, 0.4) is 0 Å². The zero-order valence-electron chi connectivity index (χ0n) is 11.8. The molecule has 1 aliphatic heterocycles. The Labute approximate surface area is 118 Å². The molecule has 0 amide bonds. The zero-order chi connectivity index (χ0) is 13.9. The van der Waals surface area contributed by atoms with Crippen molar-refractivity contribution in [2.45, 2.75) is 39.0 Å². The molecule has 0 atom stereocenters. The minimum atomic E-state index is -0.214. The van der Waals surface area contributed by atoms with Gasteiger partial charge < -0.3 is 5.32 Å². The van der Waals surface area contributed by atoms with Crippen LogP contribution in [0.15, 0.2) is 24.3 Å². The SMILES string of the molecule is CCCc1nn(-c2ccc(F)cc2)c2c1CCCCN2. The highest BCUT2D eigenvalue weighted by atomic mass is 19.1. The van der Waals surface area contributed by atoms with E-state index in [-0.39, 0.29) is 5.82 Å². The van der Waals surface area contributed by atoms with Crippen LogP contribution in [0.25, 0.3) is 5.69 Å². The second kappa shape index (κ2) is 5.65. The summed E-state index contributed by atoms with van der Waals surface area (Å²) in [6.45, 7) is 3.15. The highest BCUT2D eigenvalue weighted by molar-refractivity contribution is 5.54. The van der Waals surface area contributed by atoms with E-state index < -0.39 is 0 Å². The molecule has 3 rings (SSSR count). The molecule has 106 valence electrons. The molecule has 0 saturated carbocycles. The van der Waals surface area contributed by atoms with E-state index >= 15 is 0 Å². The van der Waals surface area contributed by atoms with E-state index in [1.807, 2.05) is 4.68 Å². The molecule has 0 fully saturated rings. The maximum absolute atomic E-state index is 13.1. The summed E-state index contributed by atoms with van der Waals surface area (Å²) in [4.78, 5) is 0. The lowest BCUT2D eigenvalue weighted by molar-refractivity contribution is 0.627. The Balaban J connectivity index is 2.07. The molecule has 0 aliphatic carbocycles. The molecule has 0 unspecified atom stereocenters. The van der Waals surface area contributed by atoms with Gasteiger partial charge in [-0.1, -0.05) is 13.3 Å². The maximum Gasteiger partial charge on any atom is 0.133 e. The van der Waals surface area contributed by atoms with Crippen molar-refractivity contribution in [2.75, 3.05) is 11.9 Å². The Hall–Kier alpha value is -1.84. The number of hydrogen-bond donors (Lipinski definition) is 1. The predicted octanol–water partition coefficient (Wildman–Crippen LogP) is 3.71.